The first kappa shape index (κ1) is 15.5. The second kappa shape index (κ2) is 6.58. The van der Waals surface area contributed by atoms with E-state index in [9.17, 15) is 17.2 Å². The summed E-state index contributed by atoms with van der Waals surface area (Å²) in [5, 5.41) is 6.99. The number of amidine groups is 1. The van der Waals surface area contributed by atoms with Crippen LogP contribution < -0.4 is 10.5 Å². The molecule has 4 N–H and O–H groups in total. The molecular weight excluding hydrogens is 276 g/mol. The minimum absolute atomic E-state index is 0.0347. The van der Waals surface area contributed by atoms with Crippen LogP contribution in [0.1, 0.15) is 19.3 Å². The average Bonchev–Trinajstić information content (AvgIpc) is 2.27. The predicted octanol–water partition coefficient (Wildman–Crippen LogP) is 1.35. The maximum absolute atomic E-state index is 13.3. The number of hydrogen-bond acceptors (Lipinski definition) is 3. The molecule has 106 valence electrons. The zero-order valence-electron chi connectivity index (χ0n) is 10.1. The molecule has 1 rings (SSSR count). The number of hydrogen-bond donors (Lipinski definition) is 3. The van der Waals surface area contributed by atoms with Crippen LogP contribution in [0.4, 0.5) is 8.78 Å². The van der Waals surface area contributed by atoms with Crippen LogP contribution in [0.5, 0.6) is 0 Å². The van der Waals surface area contributed by atoms with E-state index in [1.54, 1.807) is 0 Å². The van der Waals surface area contributed by atoms with E-state index in [2.05, 4.69) is 4.72 Å². The van der Waals surface area contributed by atoms with E-state index < -0.39 is 26.6 Å². The standard InChI is InChI=1S/C11H15F2N3O2S/c12-8-4-5-10(9(13)7-8)19(17,18)16-6-2-1-3-11(14)15/h4-5,7,16H,1-3,6H2,(H3,14,15). The van der Waals surface area contributed by atoms with E-state index in [0.717, 1.165) is 12.1 Å². The molecule has 19 heavy (non-hydrogen) atoms. The number of sulfonamides is 1. The summed E-state index contributed by atoms with van der Waals surface area (Å²) in [6.07, 6.45) is 1.41. The molecule has 0 fully saturated rings. The van der Waals surface area contributed by atoms with Gasteiger partial charge in [-0.25, -0.2) is 21.9 Å². The van der Waals surface area contributed by atoms with Crippen LogP contribution in [0.25, 0.3) is 0 Å². The van der Waals surface area contributed by atoms with Crippen LogP contribution in [-0.4, -0.2) is 20.8 Å². The second-order valence-corrected chi connectivity index (χ2v) is 5.69. The highest BCUT2D eigenvalue weighted by molar-refractivity contribution is 7.89. The lowest BCUT2D eigenvalue weighted by atomic mass is 10.2. The molecule has 0 spiro atoms. The normalized spacial score (nSPS) is 11.5. The molecule has 0 bridgehead atoms. The summed E-state index contributed by atoms with van der Waals surface area (Å²) < 4.78 is 51.6. The Kier molecular flexibility index (Phi) is 5.37. The quantitative estimate of drug-likeness (QED) is 0.402. The number of unbranched alkanes of at least 4 members (excludes halogenated alkanes) is 1. The maximum Gasteiger partial charge on any atom is 0.243 e. The van der Waals surface area contributed by atoms with E-state index in [0.29, 0.717) is 25.3 Å². The van der Waals surface area contributed by atoms with Crippen molar-refractivity contribution in [3.63, 3.8) is 0 Å². The molecule has 8 heteroatoms. The van der Waals surface area contributed by atoms with Crippen LogP contribution in [0.2, 0.25) is 0 Å². The number of nitrogens with two attached hydrogens (primary N) is 1. The maximum atomic E-state index is 13.3. The van der Waals surface area contributed by atoms with Gasteiger partial charge in [0.25, 0.3) is 0 Å². The van der Waals surface area contributed by atoms with Crippen molar-refractivity contribution in [3.8, 4) is 0 Å². The van der Waals surface area contributed by atoms with Crippen molar-refractivity contribution < 1.29 is 17.2 Å². The van der Waals surface area contributed by atoms with E-state index >= 15 is 0 Å². The van der Waals surface area contributed by atoms with Crippen LogP contribution in [-0.2, 0) is 10.0 Å². The molecular formula is C11H15F2N3O2S. The Morgan fingerprint density at radius 2 is 2.00 bits per heavy atom. The Hall–Kier alpha value is -1.54. The Bertz CT molecular complexity index is 561. The molecule has 0 aliphatic rings. The average molecular weight is 291 g/mol. The van der Waals surface area contributed by atoms with Crippen LogP contribution in [0.15, 0.2) is 23.1 Å². The van der Waals surface area contributed by atoms with Crippen molar-refractivity contribution in [2.24, 2.45) is 5.73 Å². The Morgan fingerprint density at radius 3 is 2.58 bits per heavy atom. The minimum atomic E-state index is -3.99. The molecule has 0 aromatic heterocycles. The van der Waals surface area contributed by atoms with E-state index in [4.69, 9.17) is 11.1 Å². The van der Waals surface area contributed by atoms with E-state index in [-0.39, 0.29) is 12.4 Å². The molecule has 0 aliphatic heterocycles. The molecule has 1 aromatic rings. The molecule has 0 saturated carbocycles. The van der Waals surface area contributed by atoms with Crippen LogP contribution >= 0.6 is 0 Å². The first-order chi connectivity index (χ1) is 8.83. The first-order valence-electron chi connectivity index (χ1n) is 5.60. The van der Waals surface area contributed by atoms with Crippen LogP contribution in [0, 0.1) is 17.0 Å². The smallest absolute Gasteiger partial charge is 0.243 e. The van der Waals surface area contributed by atoms with Gasteiger partial charge < -0.3 is 5.73 Å². The lowest BCUT2D eigenvalue weighted by molar-refractivity contribution is 0.542. The zero-order chi connectivity index (χ0) is 14.5. The fraction of sp³-hybridized carbons (Fsp3) is 0.364. The molecule has 0 radical (unpaired) electrons. The largest absolute Gasteiger partial charge is 0.388 e. The summed E-state index contributed by atoms with van der Waals surface area (Å²) in [5.74, 6) is -1.93. The highest BCUT2D eigenvalue weighted by Crippen LogP contribution is 2.15. The van der Waals surface area contributed by atoms with E-state index in [1.165, 1.54) is 0 Å². The van der Waals surface area contributed by atoms with Gasteiger partial charge >= 0.3 is 0 Å². The van der Waals surface area contributed by atoms with Gasteiger partial charge in [0.15, 0.2) is 0 Å². The SMILES string of the molecule is N=C(N)CCCCNS(=O)(=O)c1ccc(F)cc1F. The molecule has 0 saturated heterocycles. The number of rotatable bonds is 7. The Labute approximate surface area is 110 Å². The van der Waals surface area contributed by atoms with Gasteiger partial charge in [-0.3, -0.25) is 5.41 Å². The van der Waals surface area contributed by atoms with Crippen molar-refractivity contribution in [2.75, 3.05) is 6.54 Å². The number of nitrogens with one attached hydrogen (secondary N) is 2. The summed E-state index contributed by atoms with van der Waals surface area (Å²) in [4.78, 5) is -0.583. The molecule has 0 amide bonds. The Balaban J connectivity index is 2.59. The van der Waals surface area contributed by atoms with Crippen molar-refractivity contribution in [2.45, 2.75) is 24.2 Å². The first-order valence-corrected chi connectivity index (χ1v) is 7.09. The second-order valence-electron chi connectivity index (χ2n) is 3.95. The summed E-state index contributed by atoms with van der Waals surface area (Å²) >= 11 is 0. The topological polar surface area (TPSA) is 96.0 Å². The van der Waals surface area contributed by atoms with Gasteiger partial charge in [-0.1, -0.05) is 0 Å². The fourth-order valence-corrected chi connectivity index (χ4v) is 2.55. The fourth-order valence-electron chi connectivity index (χ4n) is 1.42. The van der Waals surface area contributed by atoms with Crippen molar-refractivity contribution in [1.29, 1.82) is 5.41 Å². The summed E-state index contributed by atoms with van der Waals surface area (Å²) in [7, 11) is -3.99. The summed E-state index contributed by atoms with van der Waals surface area (Å²) in [6.45, 7) is 0.104. The number of halogens is 2. The van der Waals surface area contributed by atoms with Crippen LogP contribution in [0.3, 0.4) is 0 Å². The molecule has 0 atom stereocenters. The highest BCUT2D eigenvalue weighted by atomic mass is 32.2. The van der Waals surface area contributed by atoms with Crippen molar-refractivity contribution >= 4 is 15.9 Å². The van der Waals surface area contributed by atoms with Gasteiger partial charge in [-0.15, -0.1) is 0 Å². The molecule has 5 nitrogen and oxygen atoms in total. The van der Waals surface area contributed by atoms with Crippen molar-refractivity contribution in [1.82, 2.24) is 4.72 Å². The van der Waals surface area contributed by atoms with E-state index in [1.807, 2.05) is 0 Å². The molecule has 0 heterocycles. The molecule has 1 aromatic carbocycles. The number of benzene rings is 1. The minimum Gasteiger partial charge on any atom is -0.388 e. The zero-order valence-corrected chi connectivity index (χ0v) is 10.9. The summed E-state index contributed by atoms with van der Waals surface area (Å²) in [6, 6.07) is 2.28. The Morgan fingerprint density at radius 1 is 1.32 bits per heavy atom. The molecule has 0 unspecified atom stereocenters. The van der Waals surface area contributed by atoms with Gasteiger partial charge in [0.1, 0.15) is 16.5 Å². The lowest BCUT2D eigenvalue weighted by Crippen LogP contribution is -2.26. The molecule has 0 aliphatic carbocycles. The van der Waals surface area contributed by atoms with Crippen molar-refractivity contribution in [3.05, 3.63) is 29.8 Å². The lowest BCUT2D eigenvalue weighted by Gasteiger charge is -2.07. The predicted molar refractivity (Wildman–Crippen MR) is 67.3 cm³/mol. The van der Waals surface area contributed by atoms with Gasteiger partial charge in [0.2, 0.25) is 10.0 Å². The summed E-state index contributed by atoms with van der Waals surface area (Å²) in [5.41, 5.74) is 5.15. The monoisotopic (exact) mass is 291 g/mol. The third-order valence-corrected chi connectivity index (χ3v) is 3.84. The van der Waals surface area contributed by atoms with Gasteiger partial charge in [0, 0.05) is 19.0 Å². The third-order valence-electron chi connectivity index (χ3n) is 2.35. The van der Waals surface area contributed by atoms with Gasteiger partial charge in [-0.05, 0) is 25.0 Å². The highest BCUT2D eigenvalue weighted by Gasteiger charge is 2.18. The third kappa shape index (κ3) is 4.92. The van der Waals surface area contributed by atoms with Gasteiger partial charge in [0.05, 0.1) is 5.84 Å². The van der Waals surface area contributed by atoms with Gasteiger partial charge in [-0.2, -0.15) is 0 Å².